The lowest BCUT2D eigenvalue weighted by molar-refractivity contribution is 0.342. The molecule has 1 aromatic carbocycles. The van der Waals surface area contributed by atoms with Gasteiger partial charge in [0.1, 0.15) is 0 Å². The van der Waals surface area contributed by atoms with Gasteiger partial charge in [-0.1, -0.05) is 26.8 Å². The van der Waals surface area contributed by atoms with Crippen LogP contribution in [0.2, 0.25) is 0 Å². The number of nitrogens with zero attached hydrogens (tertiary/aromatic N) is 1. The fourth-order valence-corrected chi connectivity index (χ4v) is 4.86. The van der Waals surface area contributed by atoms with Crippen LogP contribution in [0.15, 0.2) is 27.6 Å². The Bertz CT molecular complexity index is 561. The van der Waals surface area contributed by atoms with Crippen molar-refractivity contribution in [2.45, 2.75) is 51.6 Å². The van der Waals surface area contributed by atoms with Crippen LogP contribution in [0.4, 0.5) is 0 Å². The number of hydrogen-bond acceptors (Lipinski definition) is 3. The van der Waals surface area contributed by atoms with Gasteiger partial charge in [0, 0.05) is 23.6 Å². The SMILES string of the molecule is CCNCc1ccc(Br)c(S(=O)(=O)N(CC)C(C)CC)c1. The van der Waals surface area contributed by atoms with Gasteiger partial charge in [0.05, 0.1) is 4.90 Å². The van der Waals surface area contributed by atoms with E-state index in [2.05, 4.69) is 21.2 Å². The summed E-state index contributed by atoms with van der Waals surface area (Å²) in [4.78, 5) is 0.347. The van der Waals surface area contributed by atoms with Crippen molar-refractivity contribution in [2.75, 3.05) is 13.1 Å². The second-order valence-corrected chi connectivity index (χ2v) is 7.72. The molecule has 0 heterocycles. The van der Waals surface area contributed by atoms with Gasteiger partial charge in [-0.15, -0.1) is 0 Å². The van der Waals surface area contributed by atoms with Crippen LogP contribution in [-0.4, -0.2) is 31.9 Å². The lowest BCUT2D eigenvalue weighted by Crippen LogP contribution is -2.38. The number of halogens is 1. The highest BCUT2D eigenvalue weighted by atomic mass is 79.9. The number of nitrogens with one attached hydrogen (secondary N) is 1. The summed E-state index contributed by atoms with van der Waals surface area (Å²) in [7, 11) is -3.48. The summed E-state index contributed by atoms with van der Waals surface area (Å²) in [6.07, 6.45) is 0.793. The summed E-state index contributed by atoms with van der Waals surface area (Å²) >= 11 is 3.38. The monoisotopic (exact) mass is 376 g/mol. The van der Waals surface area contributed by atoms with E-state index in [-0.39, 0.29) is 6.04 Å². The summed E-state index contributed by atoms with van der Waals surface area (Å²) in [6.45, 7) is 9.84. The van der Waals surface area contributed by atoms with E-state index in [4.69, 9.17) is 0 Å². The van der Waals surface area contributed by atoms with E-state index in [0.29, 0.717) is 22.5 Å². The lowest BCUT2D eigenvalue weighted by Gasteiger charge is -2.27. The van der Waals surface area contributed by atoms with Crippen molar-refractivity contribution in [3.8, 4) is 0 Å². The maximum absolute atomic E-state index is 12.9. The molecule has 1 N–H and O–H groups in total. The third-order valence-electron chi connectivity index (χ3n) is 3.56. The molecule has 1 rings (SSSR count). The molecule has 0 radical (unpaired) electrons. The van der Waals surface area contributed by atoms with Gasteiger partial charge in [-0.05, 0) is 53.5 Å². The van der Waals surface area contributed by atoms with Crippen LogP contribution in [0.1, 0.15) is 39.7 Å². The Labute approximate surface area is 137 Å². The van der Waals surface area contributed by atoms with Crippen LogP contribution in [0.3, 0.4) is 0 Å². The minimum absolute atomic E-state index is 0.00989. The third-order valence-corrected chi connectivity index (χ3v) is 6.64. The zero-order valence-electron chi connectivity index (χ0n) is 13.2. The fraction of sp³-hybridized carbons (Fsp3) is 0.600. The van der Waals surface area contributed by atoms with Gasteiger partial charge in [-0.2, -0.15) is 4.31 Å². The molecule has 0 bridgehead atoms. The maximum atomic E-state index is 12.9. The van der Waals surface area contributed by atoms with Crippen LogP contribution in [0.25, 0.3) is 0 Å². The molecule has 0 aromatic heterocycles. The molecular formula is C15H25BrN2O2S. The Morgan fingerprint density at radius 3 is 2.48 bits per heavy atom. The van der Waals surface area contributed by atoms with E-state index in [1.54, 1.807) is 10.4 Å². The van der Waals surface area contributed by atoms with E-state index in [9.17, 15) is 8.42 Å². The van der Waals surface area contributed by atoms with Gasteiger partial charge in [-0.3, -0.25) is 0 Å². The van der Waals surface area contributed by atoms with Gasteiger partial charge in [0.2, 0.25) is 10.0 Å². The molecule has 0 spiro atoms. The minimum atomic E-state index is -3.48. The van der Waals surface area contributed by atoms with Crippen molar-refractivity contribution < 1.29 is 8.42 Å². The molecule has 1 aromatic rings. The van der Waals surface area contributed by atoms with Crippen LogP contribution in [0, 0.1) is 0 Å². The van der Waals surface area contributed by atoms with Gasteiger partial charge >= 0.3 is 0 Å². The normalized spacial score (nSPS) is 13.6. The average molecular weight is 377 g/mol. The molecule has 0 amide bonds. The predicted molar refractivity (Wildman–Crippen MR) is 90.8 cm³/mol. The predicted octanol–water partition coefficient (Wildman–Crippen LogP) is 3.37. The number of rotatable bonds is 8. The summed E-state index contributed by atoms with van der Waals surface area (Å²) in [6, 6.07) is 5.49. The molecule has 1 atom stereocenters. The third kappa shape index (κ3) is 4.52. The van der Waals surface area contributed by atoms with Gasteiger partial charge < -0.3 is 5.32 Å². The van der Waals surface area contributed by atoms with E-state index in [0.717, 1.165) is 18.5 Å². The first-order chi connectivity index (χ1) is 9.88. The Hall–Kier alpha value is -0.430. The summed E-state index contributed by atoms with van der Waals surface area (Å²) in [5.74, 6) is 0. The van der Waals surface area contributed by atoms with Crippen molar-refractivity contribution >= 4 is 26.0 Å². The first-order valence-electron chi connectivity index (χ1n) is 7.39. The Morgan fingerprint density at radius 2 is 1.95 bits per heavy atom. The number of hydrogen-bond donors (Lipinski definition) is 1. The first-order valence-corrected chi connectivity index (χ1v) is 9.62. The van der Waals surface area contributed by atoms with Crippen molar-refractivity contribution in [1.82, 2.24) is 9.62 Å². The van der Waals surface area contributed by atoms with Gasteiger partial charge in [0.15, 0.2) is 0 Å². The summed E-state index contributed by atoms with van der Waals surface area (Å²) in [5.41, 5.74) is 0.971. The largest absolute Gasteiger partial charge is 0.313 e. The quantitative estimate of drug-likeness (QED) is 0.756. The molecule has 0 saturated carbocycles. The average Bonchev–Trinajstić information content (AvgIpc) is 2.46. The Balaban J connectivity index is 3.22. The molecule has 21 heavy (non-hydrogen) atoms. The van der Waals surface area contributed by atoms with Gasteiger partial charge in [0.25, 0.3) is 0 Å². The smallest absolute Gasteiger partial charge is 0.244 e. The lowest BCUT2D eigenvalue weighted by atomic mass is 10.2. The summed E-state index contributed by atoms with van der Waals surface area (Å²) in [5, 5.41) is 3.22. The topological polar surface area (TPSA) is 49.4 Å². The Kier molecular flexibility index (Phi) is 7.33. The van der Waals surface area contributed by atoms with Crippen LogP contribution in [-0.2, 0) is 16.6 Å². The first kappa shape index (κ1) is 18.6. The standard InChI is InChI=1S/C15H25BrN2O2S/c1-5-12(4)18(7-3)21(19,20)15-10-13(11-17-6-2)8-9-14(15)16/h8-10,12,17H,5-7,11H2,1-4H3. The molecule has 120 valence electrons. The van der Waals surface area contributed by atoms with Crippen LogP contribution in [0.5, 0.6) is 0 Å². The summed E-state index contributed by atoms with van der Waals surface area (Å²) < 4.78 is 27.9. The van der Waals surface area contributed by atoms with E-state index >= 15 is 0 Å². The van der Waals surface area contributed by atoms with Crippen molar-refractivity contribution in [2.24, 2.45) is 0 Å². The Morgan fingerprint density at radius 1 is 1.29 bits per heavy atom. The molecule has 0 aliphatic rings. The second kappa shape index (κ2) is 8.27. The molecule has 4 nitrogen and oxygen atoms in total. The second-order valence-electron chi connectivity index (χ2n) is 5.01. The molecular weight excluding hydrogens is 352 g/mol. The molecule has 0 aliphatic heterocycles. The number of benzene rings is 1. The molecule has 6 heteroatoms. The van der Waals surface area contributed by atoms with Gasteiger partial charge in [-0.25, -0.2) is 8.42 Å². The molecule has 0 saturated heterocycles. The highest BCUT2D eigenvalue weighted by Crippen LogP contribution is 2.28. The molecule has 0 fully saturated rings. The van der Waals surface area contributed by atoms with E-state index in [1.165, 1.54) is 0 Å². The van der Waals surface area contributed by atoms with E-state index < -0.39 is 10.0 Å². The van der Waals surface area contributed by atoms with Crippen LogP contribution < -0.4 is 5.32 Å². The zero-order chi connectivity index (χ0) is 16.0. The fourth-order valence-electron chi connectivity index (χ4n) is 2.17. The van der Waals surface area contributed by atoms with Crippen molar-refractivity contribution in [3.63, 3.8) is 0 Å². The maximum Gasteiger partial charge on any atom is 0.244 e. The van der Waals surface area contributed by atoms with Crippen molar-refractivity contribution in [1.29, 1.82) is 0 Å². The molecule has 1 unspecified atom stereocenters. The minimum Gasteiger partial charge on any atom is -0.313 e. The number of sulfonamides is 1. The van der Waals surface area contributed by atoms with Crippen molar-refractivity contribution in [3.05, 3.63) is 28.2 Å². The van der Waals surface area contributed by atoms with E-state index in [1.807, 2.05) is 39.8 Å². The van der Waals surface area contributed by atoms with Crippen LogP contribution >= 0.6 is 15.9 Å². The zero-order valence-corrected chi connectivity index (χ0v) is 15.6. The molecule has 0 aliphatic carbocycles. The highest BCUT2D eigenvalue weighted by Gasteiger charge is 2.28. The highest BCUT2D eigenvalue weighted by molar-refractivity contribution is 9.10.